The van der Waals surface area contributed by atoms with Crippen LogP contribution in [0.1, 0.15) is 227 Å². The molecule has 4 nitrogen and oxygen atoms in total. The summed E-state index contributed by atoms with van der Waals surface area (Å²) in [7, 11) is 0. The summed E-state index contributed by atoms with van der Waals surface area (Å²) in [6, 6.07) is 5.64. The van der Waals surface area contributed by atoms with Gasteiger partial charge in [0, 0.05) is 17.5 Å². The largest absolute Gasteiger partial charge is 0.466 e. The van der Waals surface area contributed by atoms with Crippen molar-refractivity contribution in [3.05, 3.63) is 58.2 Å². The Bertz CT molecular complexity index is 1170. The van der Waals surface area contributed by atoms with Crippen LogP contribution in [-0.2, 0) is 16.0 Å². The third kappa shape index (κ3) is 21.0. The first-order chi connectivity index (χ1) is 24.8. The van der Waals surface area contributed by atoms with E-state index in [1.54, 1.807) is 6.07 Å². The monoisotopic (exact) mass is 705 g/mol. The average molecular weight is 705 g/mol. The van der Waals surface area contributed by atoms with Gasteiger partial charge in [-0.1, -0.05) is 178 Å². The standard InChI is InChI=1S/C47H76O4/c1-5-6-7-8-9-10-11-12-13-14-15-16-17-18-19-20-21-22-23-24-25-26-27-30-47(50)51-37-28-29-40(4)42(39(2)3)33-31-41-32-34-43-44(38-41)46(49)36-35-45(43)48/h32,34-36,38,40H,5-31,33,37H2,1-4H3/t40-/m1/s1. The molecule has 0 bridgehead atoms. The van der Waals surface area contributed by atoms with Crippen LogP contribution >= 0.6 is 0 Å². The normalized spacial score (nSPS) is 13.0. The molecule has 0 aromatic heterocycles. The van der Waals surface area contributed by atoms with Crippen molar-refractivity contribution in [3.8, 4) is 0 Å². The van der Waals surface area contributed by atoms with E-state index in [0.29, 0.717) is 30.1 Å². The van der Waals surface area contributed by atoms with Gasteiger partial charge in [0.25, 0.3) is 0 Å². The molecule has 2 rings (SSSR count). The van der Waals surface area contributed by atoms with Crippen molar-refractivity contribution in [1.29, 1.82) is 0 Å². The Morgan fingerprint density at radius 2 is 1.04 bits per heavy atom. The molecule has 0 spiro atoms. The van der Waals surface area contributed by atoms with Gasteiger partial charge in [0.05, 0.1) is 6.61 Å². The molecule has 1 aliphatic rings. The number of hydrogen-bond donors (Lipinski definition) is 0. The molecule has 0 saturated carbocycles. The second kappa shape index (κ2) is 29.0. The number of allylic oxidation sites excluding steroid dienone is 4. The summed E-state index contributed by atoms with van der Waals surface area (Å²) in [5.41, 5.74) is 4.85. The molecule has 51 heavy (non-hydrogen) atoms. The van der Waals surface area contributed by atoms with Gasteiger partial charge in [-0.3, -0.25) is 14.4 Å². The summed E-state index contributed by atoms with van der Waals surface area (Å²) in [5, 5.41) is 0. The second-order valence-electron chi connectivity index (χ2n) is 15.8. The van der Waals surface area contributed by atoms with E-state index in [0.717, 1.165) is 44.1 Å². The number of rotatable bonds is 32. The number of ketones is 2. The lowest BCUT2D eigenvalue weighted by Gasteiger charge is -2.19. The molecular formula is C47H76O4. The Hall–Kier alpha value is -2.49. The first kappa shape index (κ1) is 44.7. The zero-order chi connectivity index (χ0) is 36.9. The fourth-order valence-electron chi connectivity index (χ4n) is 7.64. The molecule has 288 valence electrons. The average Bonchev–Trinajstić information content (AvgIpc) is 3.12. The highest BCUT2D eigenvalue weighted by Gasteiger charge is 2.19. The van der Waals surface area contributed by atoms with Crippen molar-refractivity contribution in [2.45, 2.75) is 207 Å². The number of esters is 1. The van der Waals surface area contributed by atoms with Crippen LogP contribution in [0.25, 0.3) is 0 Å². The quantitative estimate of drug-likeness (QED) is 0.0425. The number of carbonyl (C=O) groups excluding carboxylic acids is 3. The van der Waals surface area contributed by atoms with Gasteiger partial charge in [-0.25, -0.2) is 0 Å². The van der Waals surface area contributed by atoms with E-state index in [1.807, 2.05) is 12.1 Å². The molecule has 1 aliphatic carbocycles. The topological polar surface area (TPSA) is 60.4 Å². The lowest BCUT2D eigenvalue weighted by molar-refractivity contribution is -0.143. The van der Waals surface area contributed by atoms with Crippen LogP contribution in [0.3, 0.4) is 0 Å². The number of aryl methyl sites for hydroxylation is 1. The minimum absolute atomic E-state index is 0.0520. The molecule has 0 aliphatic heterocycles. The summed E-state index contributed by atoms with van der Waals surface area (Å²) < 4.78 is 5.56. The summed E-state index contributed by atoms with van der Waals surface area (Å²) in [5.74, 6) is 0.157. The van der Waals surface area contributed by atoms with Gasteiger partial charge in [-0.15, -0.1) is 0 Å². The highest BCUT2D eigenvalue weighted by Crippen LogP contribution is 2.27. The minimum Gasteiger partial charge on any atom is -0.466 e. The van der Waals surface area contributed by atoms with E-state index in [9.17, 15) is 14.4 Å². The maximum atomic E-state index is 12.3. The fraction of sp³-hybridized carbons (Fsp3) is 0.723. The molecule has 0 amide bonds. The Morgan fingerprint density at radius 1 is 0.588 bits per heavy atom. The van der Waals surface area contributed by atoms with E-state index in [-0.39, 0.29) is 17.5 Å². The minimum atomic E-state index is -0.100. The van der Waals surface area contributed by atoms with Crippen molar-refractivity contribution in [1.82, 2.24) is 0 Å². The predicted molar refractivity (Wildman–Crippen MR) is 217 cm³/mol. The summed E-state index contributed by atoms with van der Waals surface area (Å²) >= 11 is 0. The first-order valence-corrected chi connectivity index (χ1v) is 21.5. The highest BCUT2D eigenvalue weighted by molar-refractivity contribution is 6.22. The summed E-state index contributed by atoms with van der Waals surface area (Å²) in [6.07, 6.45) is 38.5. The number of benzene rings is 1. The van der Waals surface area contributed by atoms with Gasteiger partial charge in [0.1, 0.15) is 0 Å². The molecule has 1 aromatic rings. The Labute approximate surface area is 314 Å². The maximum absolute atomic E-state index is 12.3. The van der Waals surface area contributed by atoms with Crippen molar-refractivity contribution >= 4 is 17.5 Å². The molecule has 1 aromatic carbocycles. The van der Waals surface area contributed by atoms with Crippen molar-refractivity contribution in [2.24, 2.45) is 5.92 Å². The van der Waals surface area contributed by atoms with Crippen LogP contribution in [0, 0.1) is 5.92 Å². The second-order valence-corrected chi connectivity index (χ2v) is 15.8. The maximum Gasteiger partial charge on any atom is 0.305 e. The fourth-order valence-corrected chi connectivity index (χ4v) is 7.64. The Balaban J connectivity index is 1.37. The third-order valence-corrected chi connectivity index (χ3v) is 11.0. The van der Waals surface area contributed by atoms with Crippen LogP contribution in [0.5, 0.6) is 0 Å². The van der Waals surface area contributed by atoms with Gasteiger partial charge in [-0.05, 0) is 75.7 Å². The van der Waals surface area contributed by atoms with Gasteiger partial charge < -0.3 is 4.74 Å². The predicted octanol–water partition coefficient (Wildman–Crippen LogP) is 14.2. The number of unbranched alkanes of at least 4 members (excludes halogenated alkanes) is 22. The molecule has 0 fully saturated rings. The van der Waals surface area contributed by atoms with Crippen molar-refractivity contribution in [2.75, 3.05) is 6.61 Å². The van der Waals surface area contributed by atoms with Crippen LogP contribution in [0.15, 0.2) is 41.5 Å². The number of carbonyl (C=O) groups is 3. The lowest BCUT2D eigenvalue weighted by atomic mass is 9.87. The van der Waals surface area contributed by atoms with Crippen LogP contribution in [0.2, 0.25) is 0 Å². The lowest BCUT2D eigenvalue weighted by Crippen LogP contribution is -2.12. The van der Waals surface area contributed by atoms with Crippen LogP contribution < -0.4 is 0 Å². The number of fused-ring (bicyclic) bond motifs is 1. The van der Waals surface area contributed by atoms with Gasteiger partial charge >= 0.3 is 5.97 Å². The van der Waals surface area contributed by atoms with Crippen molar-refractivity contribution < 1.29 is 19.1 Å². The zero-order valence-electron chi connectivity index (χ0n) is 33.6. The van der Waals surface area contributed by atoms with Crippen LogP contribution in [0.4, 0.5) is 0 Å². The first-order valence-electron chi connectivity index (χ1n) is 21.5. The SMILES string of the molecule is CCCCCCCCCCCCCCCCCCCCCCCCCC(=O)OCCC[C@@H](C)C(CCc1ccc2c(c1)C(=O)C=CC2=O)=C(C)C. The van der Waals surface area contributed by atoms with E-state index < -0.39 is 0 Å². The third-order valence-electron chi connectivity index (χ3n) is 11.0. The number of ether oxygens (including phenoxy) is 1. The Kier molecular flexibility index (Phi) is 25.4. The van der Waals surface area contributed by atoms with Crippen LogP contribution in [-0.4, -0.2) is 24.1 Å². The van der Waals surface area contributed by atoms with E-state index >= 15 is 0 Å². The van der Waals surface area contributed by atoms with Gasteiger partial charge in [-0.2, -0.15) is 0 Å². The summed E-state index contributed by atoms with van der Waals surface area (Å²) in [6.45, 7) is 9.36. The van der Waals surface area contributed by atoms with Gasteiger partial charge in [0.15, 0.2) is 11.6 Å². The molecule has 0 heterocycles. The molecule has 0 unspecified atom stereocenters. The molecule has 0 N–H and O–H groups in total. The Morgan fingerprint density at radius 3 is 1.51 bits per heavy atom. The van der Waals surface area contributed by atoms with Crippen molar-refractivity contribution in [3.63, 3.8) is 0 Å². The molecule has 0 saturated heterocycles. The smallest absolute Gasteiger partial charge is 0.305 e. The molecular weight excluding hydrogens is 629 g/mol. The highest BCUT2D eigenvalue weighted by atomic mass is 16.5. The van der Waals surface area contributed by atoms with E-state index in [4.69, 9.17) is 4.74 Å². The number of hydrogen-bond acceptors (Lipinski definition) is 4. The zero-order valence-corrected chi connectivity index (χ0v) is 33.6. The van der Waals surface area contributed by atoms with Gasteiger partial charge in [0.2, 0.25) is 0 Å². The summed E-state index contributed by atoms with van der Waals surface area (Å²) in [4.78, 5) is 36.6. The van der Waals surface area contributed by atoms with E-state index in [1.165, 1.54) is 158 Å². The molecule has 1 atom stereocenters. The molecule has 4 heteroatoms. The van der Waals surface area contributed by atoms with E-state index in [2.05, 4.69) is 27.7 Å². The molecule has 0 radical (unpaired) electrons.